The van der Waals surface area contributed by atoms with E-state index in [1.807, 2.05) is 20.8 Å². The second kappa shape index (κ2) is 4.02. The monoisotopic (exact) mass is 249 g/mol. The Hall–Kier alpha value is -0.740. The molecule has 1 amide bonds. The second-order valence-electron chi connectivity index (χ2n) is 4.22. The number of carbonyl (C=O) groups excluding carboxylic acids is 1. The zero-order valence-corrected chi connectivity index (χ0v) is 10.6. The van der Waals surface area contributed by atoms with Gasteiger partial charge in [-0.1, -0.05) is 23.2 Å². The lowest BCUT2D eigenvalue weighted by molar-refractivity contribution is -0.114. The summed E-state index contributed by atoms with van der Waals surface area (Å²) in [5.74, 6) is -0.229. The maximum absolute atomic E-state index is 10.9. The van der Waals surface area contributed by atoms with E-state index < -0.39 is 0 Å². The fraction of sp³-hybridized carbons (Fsp3) is 0.556. The number of hydrogen-bond acceptors (Lipinski definition) is 2. The van der Waals surface area contributed by atoms with E-state index in [-0.39, 0.29) is 16.6 Å². The Morgan fingerprint density at radius 1 is 1.40 bits per heavy atom. The Morgan fingerprint density at radius 2 is 1.93 bits per heavy atom. The molecular weight excluding hydrogens is 237 g/mol. The van der Waals surface area contributed by atoms with Gasteiger partial charge in [0.15, 0.2) is 10.3 Å². The highest BCUT2D eigenvalue weighted by atomic mass is 35.5. The number of carbonyl (C=O) groups is 1. The molecule has 0 aromatic carbocycles. The molecule has 15 heavy (non-hydrogen) atoms. The Kier molecular flexibility index (Phi) is 3.31. The van der Waals surface area contributed by atoms with Crippen LogP contribution in [-0.2, 0) is 10.3 Å². The molecule has 0 aliphatic rings. The predicted octanol–water partition coefficient (Wildman–Crippen LogP) is 2.90. The van der Waals surface area contributed by atoms with Crippen LogP contribution in [0, 0.1) is 0 Å². The van der Waals surface area contributed by atoms with Crippen molar-refractivity contribution in [3.05, 3.63) is 10.3 Å². The molecule has 1 aromatic rings. The van der Waals surface area contributed by atoms with Gasteiger partial charge in [-0.25, -0.2) is 4.68 Å². The summed E-state index contributed by atoms with van der Waals surface area (Å²) >= 11 is 11.9. The minimum atomic E-state index is -0.280. The lowest BCUT2D eigenvalue weighted by Gasteiger charge is -2.20. The van der Waals surface area contributed by atoms with Crippen molar-refractivity contribution in [1.29, 1.82) is 0 Å². The van der Waals surface area contributed by atoms with E-state index in [1.54, 1.807) is 4.68 Å². The van der Waals surface area contributed by atoms with Gasteiger partial charge in [0.1, 0.15) is 5.69 Å². The molecule has 0 radical (unpaired) electrons. The largest absolute Gasteiger partial charge is 0.321 e. The average molecular weight is 250 g/mol. The molecule has 84 valence electrons. The summed E-state index contributed by atoms with van der Waals surface area (Å²) in [6.45, 7) is 7.22. The van der Waals surface area contributed by atoms with Crippen LogP contribution in [0.4, 0.5) is 5.69 Å². The van der Waals surface area contributed by atoms with E-state index in [0.29, 0.717) is 10.8 Å². The van der Waals surface area contributed by atoms with Crippen molar-refractivity contribution in [2.45, 2.75) is 33.2 Å². The molecule has 0 spiro atoms. The van der Waals surface area contributed by atoms with E-state index in [0.717, 1.165) is 0 Å². The molecule has 0 aliphatic heterocycles. The molecule has 4 nitrogen and oxygen atoms in total. The summed E-state index contributed by atoms with van der Waals surface area (Å²) in [6, 6.07) is 0. The minimum Gasteiger partial charge on any atom is -0.321 e. The van der Waals surface area contributed by atoms with Crippen molar-refractivity contribution in [2.75, 3.05) is 5.32 Å². The zero-order chi connectivity index (χ0) is 11.8. The highest BCUT2D eigenvalue weighted by Crippen LogP contribution is 2.33. The quantitative estimate of drug-likeness (QED) is 0.832. The van der Waals surface area contributed by atoms with E-state index >= 15 is 0 Å². The van der Waals surface area contributed by atoms with Crippen LogP contribution in [0.15, 0.2) is 0 Å². The first-order valence-electron chi connectivity index (χ1n) is 4.45. The summed E-state index contributed by atoms with van der Waals surface area (Å²) in [5, 5.41) is 7.15. The van der Waals surface area contributed by atoms with Crippen LogP contribution in [-0.4, -0.2) is 15.7 Å². The van der Waals surface area contributed by atoms with E-state index in [1.165, 1.54) is 6.92 Å². The van der Waals surface area contributed by atoms with Gasteiger partial charge in [-0.15, -0.1) is 0 Å². The highest BCUT2D eigenvalue weighted by molar-refractivity contribution is 6.38. The fourth-order valence-corrected chi connectivity index (χ4v) is 1.79. The van der Waals surface area contributed by atoms with Gasteiger partial charge >= 0.3 is 0 Å². The number of nitrogens with one attached hydrogen (secondary N) is 1. The second-order valence-corrected chi connectivity index (χ2v) is 4.94. The van der Waals surface area contributed by atoms with Crippen LogP contribution >= 0.6 is 23.2 Å². The third kappa shape index (κ3) is 2.63. The molecule has 0 aliphatic carbocycles. The van der Waals surface area contributed by atoms with Gasteiger partial charge in [-0.3, -0.25) is 4.79 Å². The topological polar surface area (TPSA) is 46.9 Å². The van der Waals surface area contributed by atoms with Gasteiger partial charge < -0.3 is 5.32 Å². The number of rotatable bonds is 1. The third-order valence-corrected chi connectivity index (χ3v) is 2.34. The summed E-state index contributed by atoms with van der Waals surface area (Å²) in [5.41, 5.74) is 0.0815. The number of halogens is 2. The maximum atomic E-state index is 10.9. The number of anilines is 1. The van der Waals surface area contributed by atoms with Gasteiger partial charge in [0.05, 0.1) is 5.54 Å². The number of aromatic nitrogens is 2. The first kappa shape index (κ1) is 12.3. The Balaban J connectivity index is 3.21. The molecule has 0 saturated carbocycles. The van der Waals surface area contributed by atoms with Crippen LogP contribution in [0.2, 0.25) is 10.3 Å². The van der Waals surface area contributed by atoms with Crippen molar-refractivity contribution >= 4 is 34.8 Å². The molecule has 0 bridgehead atoms. The van der Waals surface area contributed by atoms with E-state index in [4.69, 9.17) is 23.2 Å². The maximum Gasteiger partial charge on any atom is 0.221 e. The SMILES string of the molecule is CC(=O)Nc1c(Cl)nn(C(C)(C)C)c1Cl. The lowest BCUT2D eigenvalue weighted by atomic mass is 10.1. The van der Waals surface area contributed by atoms with Crippen LogP contribution in [0.1, 0.15) is 27.7 Å². The summed E-state index contributed by atoms with van der Waals surface area (Å²) in [7, 11) is 0. The van der Waals surface area contributed by atoms with Crippen molar-refractivity contribution in [3.63, 3.8) is 0 Å². The molecule has 1 aromatic heterocycles. The zero-order valence-electron chi connectivity index (χ0n) is 9.06. The molecule has 1 rings (SSSR count). The van der Waals surface area contributed by atoms with Gasteiger partial charge in [-0.05, 0) is 20.8 Å². The highest BCUT2D eigenvalue weighted by Gasteiger charge is 2.23. The van der Waals surface area contributed by atoms with Crippen LogP contribution < -0.4 is 5.32 Å². The Bertz CT molecular complexity index is 393. The van der Waals surface area contributed by atoms with Gasteiger partial charge in [0, 0.05) is 6.92 Å². The number of nitrogens with zero attached hydrogens (tertiary/aromatic N) is 2. The predicted molar refractivity (Wildman–Crippen MR) is 61.5 cm³/mol. The lowest BCUT2D eigenvalue weighted by Crippen LogP contribution is -2.23. The Morgan fingerprint density at radius 3 is 2.27 bits per heavy atom. The van der Waals surface area contributed by atoms with Gasteiger partial charge in [0.25, 0.3) is 0 Å². The van der Waals surface area contributed by atoms with Crippen LogP contribution in [0.25, 0.3) is 0 Å². The van der Waals surface area contributed by atoms with Crippen molar-refractivity contribution in [1.82, 2.24) is 9.78 Å². The minimum absolute atomic E-state index is 0.199. The van der Waals surface area contributed by atoms with E-state index in [9.17, 15) is 4.79 Å². The molecule has 0 saturated heterocycles. The standard InChI is InChI=1S/C9H13Cl2N3O/c1-5(15)12-6-7(10)13-14(8(6)11)9(2,3)4/h1-4H3,(H,12,15). The molecule has 1 N–H and O–H groups in total. The fourth-order valence-electron chi connectivity index (χ4n) is 1.10. The average Bonchev–Trinajstić information content (AvgIpc) is 2.30. The third-order valence-electron chi connectivity index (χ3n) is 1.72. The van der Waals surface area contributed by atoms with Crippen LogP contribution in [0.3, 0.4) is 0 Å². The smallest absolute Gasteiger partial charge is 0.221 e. The normalized spacial score (nSPS) is 11.6. The molecule has 6 heteroatoms. The molecule has 1 heterocycles. The number of hydrogen-bond donors (Lipinski definition) is 1. The summed E-state index contributed by atoms with van der Waals surface area (Å²) in [6.07, 6.45) is 0. The summed E-state index contributed by atoms with van der Waals surface area (Å²) in [4.78, 5) is 10.9. The summed E-state index contributed by atoms with van der Waals surface area (Å²) < 4.78 is 1.57. The molecule has 0 unspecified atom stereocenters. The molecular formula is C9H13Cl2N3O. The molecule has 0 fully saturated rings. The first-order valence-corrected chi connectivity index (χ1v) is 5.21. The molecule has 0 atom stereocenters. The van der Waals surface area contributed by atoms with Gasteiger partial charge in [0.2, 0.25) is 5.91 Å². The van der Waals surface area contributed by atoms with Gasteiger partial charge in [-0.2, -0.15) is 5.10 Å². The van der Waals surface area contributed by atoms with Crippen molar-refractivity contribution in [3.8, 4) is 0 Å². The van der Waals surface area contributed by atoms with E-state index in [2.05, 4.69) is 10.4 Å². The van der Waals surface area contributed by atoms with Crippen molar-refractivity contribution < 1.29 is 4.79 Å². The number of amides is 1. The Labute approximate surface area is 98.5 Å². The van der Waals surface area contributed by atoms with Crippen molar-refractivity contribution in [2.24, 2.45) is 0 Å². The first-order chi connectivity index (χ1) is 6.73. The van der Waals surface area contributed by atoms with Crippen LogP contribution in [0.5, 0.6) is 0 Å².